The maximum atomic E-state index is 5.65. The van der Waals surface area contributed by atoms with Gasteiger partial charge in [0.05, 0.1) is 17.7 Å². The number of nitrogens with zero attached hydrogens (tertiary/aromatic N) is 2. The van der Waals surface area contributed by atoms with Crippen LogP contribution in [0.4, 0.5) is 0 Å². The van der Waals surface area contributed by atoms with Crippen LogP contribution in [0.2, 0.25) is 5.28 Å². The second-order valence-electron chi connectivity index (χ2n) is 2.90. The lowest BCUT2D eigenvalue weighted by molar-refractivity contribution is 0.137. The molecule has 0 N–H and O–H groups in total. The van der Waals surface area contributed by atoms with Crippen LogP contribution >= 0.6 is 27.5 Å². The lowest BCUT2D eigenvalue weighted by Gasteiger charge is -2.11. The highest BCUT2D eigenvalue weighted by Gasteiger charge is 2.19. The van der Waals surface area contributed by atoms with Gasteiger partial charge in [-0.2, -0.15) is 4.98 Å². The molecule has 0 spiro atoms. The van der Waals surface area contributed by atoms with E-state index in [1.165, 1.54) is 0 Å². The molecule has 14 heavy (non-hydrogen) atoms. The first kappa shape index (κ1) is 10.1. The molecule has 1 atom stereocenters. The molecule has 0 amide bonds. The Morgan fingerprint density at radius 1 is 1.64 bits per heavy atom. The van der Waals surface area contributed by atoms with Crippen LogP contribution in [0.1, 0.15) is 6.42 Å². The van der Waals surface area contributed by atoms with Gasteiger partial charge in [0, 0.05) is 12.6 Å². The van der Waals surface area contributed by atoms with Crippen molar-refractivity contribution in [3.63, 3.8) is 0 Å². The quantitative estimate of drug-likeness (QED) is 0.777. The molecule has 1 aromatic heterocycles. The normalized spacial score (nSPS) is 21.1. The summed E-state index contributed by atoms with van der Waals surface area (Å²) in [6.45, 7) is 1.34. The Labute approximate surface area is 94.7 Å². The number of ether oxygens (including phenoxy) is 2. The number of hydrogen-bond acceptors (Lipinski definition) is 4. The summed E-state index contributed by atoms with van der Waals surface area (Å²) < 4.78 is 11.5. The smallest absolute Gasteiger partial charge is 0.232 e. The van der Waals surface area contributed by atoms with Gasteiger partial charge < -0.3 is 9.47 Å². The summed E-state index contributed by atoms with van der Waals surface area (Å²) in [6.07, 6.45) is 2.52. The second kappa shape index (κ2) is 4.42. The first-order chi connectivity index (χ1) is 6.75. The molecule has 1 aliphatic rings. The predicted molar refractivity (Wildman–Crippen MR) is 54.6 cm³/mol. The Balaban J connectivity index is 2.10. The molecule has 2 rings (SSSR count). The number of halogens is 2. The first-order valence-corrected chi connectivity index (χ1v) is 5.35. The van der Waals surface area contributed by atoms with Crippen molar-refractivity contribution in [1.82, 2.24) is 9.97 Å². The van der Waals surface area contributed by atoms with Crippen molar-refractivity contribution in [1.29, 1.82) is 0 Å². The van der Waals surface area contributed by atoms with E-state index in [-0.39, 0.29) is 11.4 Å². The SMILES string of the molecule is Clc1ncc(Br)c(O[C@@H]2CCOC2)n1. The van der Waals surface area contributed by atoms with Gasteiger partial charge in [0.25, 0.3) is 0 Å². The highest BCUT2D eigenvalue weighted by atomic mass is 79.9. The monoisotopic (exact) mass is 278 g/mol. The zero-order chi connectivity index (χ0) is 9.97. The van der Waals surface area contributed by atoms with Crippen molar-refractivity contribution in [3.8, 4) is 5.88 Å². The third-order valence-electron chi connectivity index (χ3n) is 1.85. The summed E-state index contributed by atoms with van der Waals surface area (Å²) in [7, 11) is 0. The van der Waals surface area contributed by atoms with Gasteiger partial charge in [-0.05, 0) is 27.5 Å². The van der Waals surface area contributed by atoms with Crippen molar-refractivity contribution in [2.75, 3.05) is 13.2 Å². The predicted octanol–water partition coefficient (Wildman–Crippen LogP) is 2.06. The van der Waals surface area contributed by atoms with E-state index >= 15 is 0 Å². The number of rotatable bonds is 2. The van der Waals surface area contributed by atoms with Gasteiger partial charge >= 0.3 is 0 Å². The van der Waals surface area contributed by atoms with E-state index in [1.807, 2.05) is 0 Å². The summed E-state index contributed by atoms with van der Waals surface area (Å²) in [6, 6.07) is 0. The van der Waals surface area contributed by atoms with Gasteiger partial charge in [0.2, 0.25) is 11.2 Å². The van der Waals surface area contributed by atoms with Gasteiger partial charge in [-0.1, -0.05) is 0 Å². The molecule has 1 saturated heterocycles. The molecule has 0 saturated carbocycles. The van der Waals surface area contributed by atoms with Gasteiger partial charge in [-0.25, -0.2) is 4.98 Å². The van der Waals surface area contributed by atoms with Crippen LogP contribution in [0.3, 0.4) is 0 Å². The van der Waals surface area contributed by atoms with Crippen molar-refractivity contribution in [3.05, 3.63) is 16.0 Å². The van der Waals surface area contributed by atoms with Crippen LogP contribution in [0.25, 0.3) is 0 Å². The van der Waals surface area contributed by atoms with Crippen LogP contribution in [0.15, 0.2) is 10.7 Å². The third-order valence-corrected chi connectivity index (χ3v) is 2.57. The maximum absolute atomic E-state index is 5.65. The molecule has 1 aliphatic heterocycles. The summed E-state index contributed by atoms with van der Waals surface area (Å²) in [4.78, 5) is 7.78. The molecule has 1 fully saturated rings. The second-order valence-corrected chi connectivity index (χ2v) is 4.09. The molecule has 0 aliphatic carbocycles. The molecule has 76 valence electrons. The van der Waals surface area contributed by atoms with Crippen LogP contribution in [-0.2, 0) is 4.74 Å². The fourth-order valence-corrected chi connectivity index (χ4v) is 1.59. The molecule has 2 heterocycles. The standard InChI is InChI=1S/C8H8BrClN2O2/c9-6-3-11-8(10)12-7(6)14-5-1-2-13-4-5/h3,5H,1-2,4H2/t5-/m1/s1. The molecule has 0 bridgehead atoms. The summed E-state index contributed by atoms with van der Waals surface area (Å²) >= 11 is 8.94. The maximum Gasteiger partial charge on any atom is 0.232 e. The molecule has 1 aromatic rings. The van der Waals surface area contributed by atoms with E-state index in [2.05, 4.69) is 25.9 Å². The Kier molecular flexibility index (Phi) is 3.20. The van der Waals surface area contributed by atoms with E-state index < -0.39 is 0 Å². The van der Waals surface area contributed by atoms with Crippen molar-refractivity contribution in [2.24, 2.45) is 0 Å². The zero-order valence-corrected chi connectivity index (χ0v) is 9.58. The average molecular weight is 280 g/mol. The molecule has 6 heteroatoms. The van der Waals surface area contributed by atoms with E-state index in [9.17, 15) is 0 Å². The molecule has 0 aromatic carbocycles. The topological polar surface area (TPSA) is 44.2 Å². The van der Waals surface area contributed by atoms with Crippen LogP contribution < -0.4 is 4.74 Å². The van der Waals surface area contributed by atoms with E-state index in [4.69, 9.17) is 21.1 Å². The number of hydrogen-bond donors (Lipinski definition) is 0. The highest BCUT2D eigenvalue weighted by Crippen LogP contribution is 2.24. The van der Waals surface area contributed by atoms with E-state index in [0.29, 0.717) is 17.0 Å². The van der Waals surface area contributed by atoms with E-state index in [0.717, 1.165) is 13.0 Å². The zero-order valence-electron chi connectivity index (χ0n) is 7.24. The fourth-order valence-electron chi connectivity index (χ4n) is 1.18. The Morgan fingerprint density at radius 3 is 3.21 bits per heavy atom. The van der Waals surface area contributed by atoms with Gasteiger partial charge in [-0.15, -0.1) is 0 Å². The minimum absolute atomic E-state index is 0.0669. The molecular weight excluding hydrogens is 271 g/mol. The van der Waals surface area contributed by atoms with Gasteiger partial charge in [0.15, 0.2) is 0 Å². The fraction of sp³-hybridized carbons (Fsp3) is 0.500. The van der Waals surface area contributed by atoms with Gasteiger partial charge in [0.1, 0.15) is 6.10 Å². The summed E-state index contributed by atoms with van der Waals surface area (Å²) in [5.41, 5.74) is 0. The van der Waals surface area contributed by atoms with Gasteiger partial charge in [-0.3, -0.25) is 0 Å². The molecule has 4 nitrogen and oxygen atoms in total. The lowest BCUT2D eigenvalue weighted by atomic mass is 10.3. The lowest BCUT2D eigenvalue weighted by Crippen LogP contribution is -2.16. The first-order valence-electron chi connectivity index (χ1n) is 4.18. The Hall–Kier alpha value is -0.390. The van der Waals surface area contributed by atoms with Crippen LogP contribution in [0, 0.1) is 0 Å². The molecule has 0 unspecified atom stereocenters. The van der Waals surface area contributed by atoms with E-state index in [1.54, 1.807) is 6.20 Å². The minimum Gasteiger partial charge on any atom is -0.471 e. The minimum atomic E-state index is 0.0669. The van der Waals surface area contributed by atoms with Crippen LogP contribution in [-0.4, -0.2) is 29.3 Å². The Bertz CT molecular complexity index is 331. The highest BCUT2D eigenvalue weighted by molar-refractivity contribution is 9.10. The molecular formula is C8H8BrClN2O2. The molecule has 0 radical (unpaired) electrons. The largest absolute Gasteiger partial charge is 0.471 e. The van der Waals surface area contributed by atoms with Crippen molar-refractivity contribution >= 4 is 27.5 Å². The van der Waals surface area contributed by atoms with Crippen molar-refractivity contribution in [2.45, 2.75) is 12.5 Å². The Morgan fingerprint density at radius 2 is 2.50 bits per heavy atom. The average Bonchev–Trinajstić information content (AvgIpc) is 2.64. The van der Waals surface area contributed by atoms with Crippen molar-refractivity contribution < 1.29 is 9.47 Å². The summed E-state index contributed by atoms with van der Waals surface area (Å²) in [5.74, 6) is 0.473. The summed E-state index contributed by atoms with van der Waals surface area (Å²) in [5, 5.41) is 0.183. The van der Waals surface area contributed by atoms with Crippen LogP contribution in [0.5, 0.6) is 5.88 Å². The third kappa shape index (κ3) is 2.34. The number of aromatic nitrogens is 2.